The summed E-state index contributed by atoms with van der Waals surface area (Å²) in [7, 11) is 0. The summed E-state index contributed by atoms with van der Waals surface area (Å²) in [6, 6.07) is 0. The van der Waals surface area contributed by atoms with E-state index < -0.39 is 0 Å². The van der Waals surface area contributed by atoms with E-state index in [0.29, 0.717) is 0 Å². The second kappa shape index (κ2) is 9.09. The summed E-state index contributed by atoms with van der Waals surface area (Å²) >= 11 is 6.89. The summed E-state index contributed by atoms with van der Waals surface area (Å²) in [5, 5.41) is 0. The van der Waals surface area contributed by atoms with Crippen molar-refractivity contribution in [1.29, 1.82) is 0 Å². The molecule has 0 aromatic rings. The van der Waals surface area contributed by atoms with Crippen LogP contribution in [-0.4, -0.2) is 28.1 Å². The van der Waals surface area contributed by atoms with Crippen molar-refractivity contribution in [3.05, 3.63) is 25.2 Å². The first-order valence-electron chi connectivity index (χ1n) is 4.59. The number of thiocarbonyl (C=S) groups is 1. The minimum absolute atomic E-state index is 0.836. The molecule has 4 heteroatoms. The third-order valence-electron chi connectivity index (χ3n) is 1.60. The monoisotopic (exact) mass is 231 g/mol. The van der Waals surface area contributed by atoms with E-state index >= 15 is 0 Å². The van der Waals surface area contributed by atoms with E-state index in [2.05, 4.69) is 25.3 Å². The van der Waals surface area contributed by atoms with Crippen LogP contribution in [0.2, 0.25) is 0 Å². The van der Waals surface area contributed by atoms with Gasteiger partial charge in [0.25, 0.3) is 0 Å². The fourth-order valence-corrected chi connectivity index (χ4v) is 2.06. The number of hydrogen-bond acceptors (Lipinski definition) is 3. The second-order valence-corrected chi connectivity index (χ2v) is 4.08. The van der Waals surface area contributed by atoms with Gasteiger partial charge in [-0.1, -0.05) is 30.6 Å². The number of ether oxygens (including phenoxy) is 1. The molecule has 0 aromatic carbocycles. The van der Waals surface area contributed by atoms with Crippen LogP contribution in [-0.2, 0) is 4.74 Å². The molecule has 2 nitrogen and oxygen atoms in total. The van der Waals surface area contributed by atoms with Gasteiger partial charge in [0.2, 0.25) is 0 Å². The van der Waals surface area contributed by atoms with Crippen LogP contribution in [0.5, 0.6) is 0 Å². The van der Waals surface area contributed by atoms with Gasteiger partial charge in [-0.3, -0.25) is 0 Å². The van der Waals surface area contributed by atoms with Crippen LogP contribution in [0, 0.1) is 0 Å². The predicted molar refractivity (Wildman–Crippen MR) is 68.4 cm³/mol. The minimum atomic E-state index is 0.836. The molecule has 0 aliphatic rings. The summed E-state index contributed by atoms with van der Waals surface area (Å²) < 4.78 is 5.78. The van der Waals surface area contributed by atoms with Crippen molar-refractivity contribution >= 4 is 28.3 Å². The van der Waals surface area contributed by atoms with Crippen molar-refractivity contribution in [1.82, 2.24) is 4.90 Å². The standard InChI is InChI=1S/C10H17NOS2/c1-4-11(5-2)10(13)14-9-7-8-12-6-3/h6-8H,3-5,9H2,1-2H3. The summed E-state index contributed by atoms with van der Waals surface area (Å²) in [5.41, 5.74) is 0. The molecule has 0 aromatic heterocycles. The minimum Gasteiger partial charge on any atom is -0.474 e. The summed E-state index contributed by atoms with van der Waals surface area (Å²) in [4.78, 5) is 2.15. The van der Waals surface area contributed by atoms with Gasteiger partial charge in [-0.25, -0.2) is 0 Å². The molecule has 0 saturated heterocycles. The zero-order chi connectivity index (χ0) is 10.8. The Labute approximate surface area is 96.0 Å². The van der Waals surface area contributed by atoms with Crippen LogP contribution in [0.25, 0.3) is 0 Å². The summed E-state index contributed by atoms with van der Waals surface area (Å²) in [6.07, 6.45) is 4.93. The van der Waals surface area contributed by atoms with Crippen molar-refractivity contribution in [3.8, 4) is 0 Å². The maximum absolute atomic E-state index is 5.25. The second-order valence-electron chi connectivity index (χ2n) is 2.42. The lowest BCUT2D eigenvalue weighted by atomic mass is 10.6. The van der Waals surface area contributed by atoms with Gasteiger partial charge in [0.1, 0.15) is 4.32 Å². The van der Waals surface area contributed by atoms with E-state index in [1.165, 1.54) is 6.26 Å². The molecule has 14 heavy (non-hydrogen) atoms. The number of rotatable bonds is 6. The van der Waals surface area contributed by atoms with Crippen molar-refractivity contribution in [2.75, 3.05) is 18.8 Å². The van der Waals surface area contributed by atoms with Crippen molar-refractivity contribution in [2.24, 2.45) is 0 Å². The average Bonchev–Trinajstić information content (AvgIpc) is 2.19. The fraction of sp³-hybridized carbons (Fsp3) is 0.500. The van der Waals surface area contributed by atoms with Gasteiger partial charge in [-0.2, -0.15) is 0 Å². The first-order chi connectivity index (χ1) is 6.76. The molecule has 0 N–H and O–H groups in total. The smallest absolute Gasteiger partial charge is 0.136 e. The zero-order valence-electron chi connectivity index (χ0n) is 8.73. The fourth-order valence-electron chi connectivity index (χ4n) is 0.843. The SMILES string of the molecule is C=COC=CCSC(=S)N(CC)CC. The topological polar surface area (TPSA) is 12.5 Å². The third-order valence-corrected chi connectivity index (χ3v) is 3.07. The molecule has 0 unspecified atom stereocenters. The predicted octanol–water partition coefficient (Wildman–Crippen LogP) is 3.02. The Morgan fingerprint density at radius 2 is 2.14 bits per heavy atom. The molecule has 0 spiro atoms. The molecule has 0 radical (unpaired) electrons. The molecule has 0 atom stereocenters. The molecule has 0 saturated carbocycles. The molecule has 0 aliphatic heterocycles. The van der Waals surface area contributed by atoms with Crippen LogP contribution in [0.4, 0.5) is 0 Å². The van der Waals surface area contributed by atoms with E-state index in [9.17, 15) is 0 Å². The largest absolute Gasteiger partial charge is 0.474 e. The Hall–Kier alpha value is -0.480. The van der Waals surface area contributed by atoms with E-state index in [4.69, 9.17) is 17.0 Å². The normalized spacial score (nSPS) is 10.1. The van der Waals surface area contributed by atoms with Gasteiger partial charge < -0.3 is 9.64 Å². The van der Waals surface area contributed by atoms with Crippen LogP contribution >= 0.6 is 24.0 Å². The lowest BCUT2D eigenvalue weighted by Crippen LogP contribution is -2.26. The molecule has 0 heterocycles. The Bertz CT molecular complexity index is 200. The maximum Gasteiger partial charge on any atom is 0.136 e. The molecule has 0 bridgehead atoms. The van der Waals surface area contributed by atoms with Gasteiger partial charge in [0.05, 0.1) is 12.5 Å². The lowest BCUT2D eigenvalue weighted by Gasteiger charge is -2.20. The number of hydrogen-bond donors (Lipinski definition) is 0. The Morgan fingerprint density at radius 1 is 1.50 bits per heavy atom. The van der Waals surface area contributed by atoms with Gasteiger partial charge in [0, 0.05) is 18.8 Å². The Balaban J connectivity index is 3.67. The van der Waals surface area contributed by atoms with E-state index in [-0.39, 0.29) is 0 Å². The molecule has 0 aliphatic carbocycles. The Kier molecular flexibility index (Phi) is 8.78. The number of nitrogens with zero attached hydrogens (tertiary/aromatic N) is 1. The molecular formula is C10H17NOS2. The van der Waals surface area contributed by atoms with Gasteiger partial charge in [-0.05, 0) is 19.9 Å². The Morgan fingerprint density at radius 3 is 2.64 bits per heavy atom. The van der Waals surface area contributed by atoms with Crippen molar-refractivity contribution < 1.29 is 4.74 Å². The molecule has 80 valence electrons. The quantitative estimate of drug-likeness (QED) is 0.514. The third kappa shape index (κ3) is 6.05. The van der Waals surface area contributed by atoms with E-state index in [1.807, 2.05) is 6.08 Å². The average molecular weight is 231 g/mol. The number of thioether (sulfide) groups is 1. The highest BCUT2D eigenvalue weighted by molar-refractivity contribution is 8.23. The van der Waals surface area contributed by atoms with Crippen LogP contribution < -0.4 is 0 Å². The highest BCUT2D eigenvalue weighted by atomic mass is 32.2. The first-order valence-corrected chi connectivity index (χ1v) is 5.98. The molecule has 0 amide bonds. The van der Waals surface area contributed by atoms with Crippen LogP contribution in [0.1, 0.15) is 13.8 Å². The van der Waals surface area contributed by atoms with Gasteiger partial charge in [-0.15, -0.1) is 0 Å². The van der Waals surface area contributed by atoms with Crippen molar-refractivity contribution in [2.45, 2.75) is 13.8 Å². The van der Waals surface area contributed by atoms with E-state index in [0.717, 1.165) is 23.2 Å². The van der Waals surface area contributed by atoms with Crippen LogP contribution in [0.3, 0.4) is 0 Å². The highest BCUT2D eigenvalue weighted by Gasteiger charge is 2.03. The molecular weight excluding hydrogens is 214 g/mol. The summed E-state index contributed by atoms with van der Waals surface area (Å²) in [5.74, 6) is 0.836. The van der Waals surface area contributed by atoms with E-state index in [1.54, 1.807) is 18.0 Å². The lowest BCUT2D eigenvalue weighted by molar-refractivity contribution is 0.404. The first kappa shape index (κ1) is 13.5. The van der Waals surface area contributed by atoms with Crippen molar-refractivity contribution in [3.63, 3.8) is 0 Å². The van der Waals surface area contributed by atoms with Gasteiger partial charge in [0.15, 0.2) is 0 Å². The zero-order valence-corrected chi connectivity index (χ0v) is 10.4. The molecule has 0 fully saturated rings. The highest BCUT2D eigenvalue weighted by Crippen LogP contribution is 2.09. The maximum atomic E-state index is 5.25. The van der Waals surface area contributed by atoms with Gasteiger partial charge >= 0.3 is 0 Å². The molecule has 0 rings (SSSR count). The summed E-state index contributed by atoms with van der Waals surface area (Å²) in [6.45, 7) is 9.58. The van der Waals surface area contributed by atoms with Crippen LogP contribution in [0.15, 0.2) is 25.2 Å².